The van der Waals surface area contributed by atoms with E-state index in [4.69, 9.17) is 4.74 Å². The predicted molar refractivity (Wildman–Crippen MR) is 154 cm³/mol. The second-order valence-corrected chi connectivity index (χ2v) is 10.2. The number of carbonyl (C=O) groups excluding carboxylic acids is 1. The molecule has 5 rings (SSSR count). The van der Waals surface area contributed by atoms with Crippen LogP contribution in [0.4, 0.5) is 11.4 Å². The zero-order chi connectivity index (χ0) is 25.8. The molecule has 0 atom stereocenters. The van der Waals surface area contributed by atoms with Crippen molar-refractivity contribution in [2.45, 2.75) is 26.7 Å². The van der Waals surface area contributed by atoms with Gasteiger partial charge in [-0.1, -0.05) is 28.1 Å². The maximum Gasteiger partial charge on any atom is 0.276 e. The Bertz CT molecular complexity index is 1290. The number of hydrogen-bond acceptors (Lipinski definition) is 6. The second kappa shape index (κ2) is 11.4. The number of hydrogen-bond donors (Lipinski definition) is 1. The number of allylic oxidation sites excluding steroid dienone is 2. The molecule has 1 saturated heterocycles. The van der Waals surface area contributed by atoms with Gasteiger partial charge in [-0.05, 0) is 79.8 Å². The number of halogens is 1. The van der Waals surface area contributed by atoms with E-state index in [0.717, 1.165) is 60.3 Å². The average molecular weight is 563 g/mol. The van der Waals surface area contributed by atoms with Crippen LogP contribution in [0.5, 0.6) is 0 Å². The molecule has 0 saturated carbocycles. The number of benzene rings is 2. The molecule has 0 aromatic heterocycles. The Hall–Kier alpha value is -3.23. The van der Waals surface area contributed by atoms with E-state index in [1.54, 1.807) is 0 Å². The van der Waals surface area contributed by atoms with Gasteiger partial charge in [0.2, 0.25) is 0 Å². The third-order valence-electron chi connectivity index (χ3n) is 7.03. The molecule has 8 heteroatoms. The number of amides is 1. The molecule has 192 valence electrons. The van der Waals surface area contributed by atoms with Gasteiger partial charge >= 0.3 is 0 Å². The molecule has 7 nitrogen and oxygen atoms in total. The second-order valence-electron chi connectivity index (χ2n) is 9.24. The lowest BCUT2D eigenvalue weighted by molar-refractivity contribution is -0.110. The number of morpholine rings is 1. The fraction of sp³-hybridized carbons (Fsp3) is 0.345. The number of anilines is 2. The van der Waals surface area contributed by atoms with Crippen LogP contribution in [0.15, 0.2) is 74.0 Å². The molecule has 2 heterocycles. The van der Waals surface area contributed by atoms with E-state index in [1.807, 2.05) is 24.4 Å². The molecule has 0 bridgehead atoms. The topological polar surface area (TPSA) is 69.5 Å². The van der Waals surface area contributed by atoms with Gasteiger partial charge in [0.1, 0.15) is 0 Å². The minimum Gasteiger partial charge on any atom is -0.378 e. The maximum absolute atomic E-state index is 12.5. The molecule has 0 radical (unpaired) electrons. The van der Waals surface area contributed by atoms with E-state index in [9.17, 15) is 4.79 Å². The van der Waals surface area contributed by atoms with E-state index in [2.05, 4.69) is 85.4 Å². The molecular weight excluding hydrogens is 530 g/mol. The van der Waals surface area contributed by atoms with Crippen molar-refractivity contribution in [2.24, 2.45) is 10.2 Å². The number of nitrogens with one attached hydrogen (secondary N) is 1. The first-order valence-corrected chi connectivity index (χ1v) is 13.7. The summed E-state index contributed by atoms with van der Waals surface area (Å²) in [6.07, 6.45) is 5.95. The van der Waals surface area contributed by atoms with E-state index < -0.39 is 0 Å². The van der Waals surface area contributed by atoms with Crippen LogP contribution in [0.2, 0.25) is 0 Å². The van der Waals surface area contributed by atoms with Crippen molar-refractivity contribution < 1.29 is 9.53 Å². The number of carbonyl (C=O) groups is 1. The quantitative estimate of drug-likeness (QED) is 0.358. The van der Waals surface area contributed by atoms with Gasteiger partial charge in [0.15, 0.2) is 5.71 Å². The number of nitrogens with zero attached hydrogens (tertiary/aromatic N) is 4. The summed E-state index contributed by atoms with van der Waals surface area (Å²) in [5.74, 6) is -0.229. The Morgan fingerprint density at radius 3 is 2.57 bits per heavy atom. The minimum atomic E-state index is -0.229. The van der Waals surface area contributed by atoms with Crippen LogP contribution >= 0.6 is 15.9 Å². The molecule has 0 unspecified atom stereocenters. The Morgan fingerprint density at radius 1 is 1.08 bits per heavy atom. The van der Waals surface area contributed by atoms with E-state index in [-0.39, 0.29) is 5.91 Å². The van der Waals surface area contributed by atoms with Crippen molar-refractivity contribution in [1.82, 2.24) is 4.90 Å². The monoisotopic (exact) mass is 561 g/mol. The van der Waals surface area contributed by atoms with Crippen LogP contribution in [0.3, 0.4) is 0 Å². The molecule has 1 N–H and O–H groups in total. The summed E-state index contributed by atoms with van der Waals surface area (Å²) in [5.41, 5.74) is 7.97. The highest BCUT2D eigenvalue weighted by molar-refractivity contribution is 9.10. The fourth-order valence-corrected chi connectivity index (χ4v) is 5.48. The summed E-state index contributed by atoms with van der Waals surface area (Å²) in [7, 11) is 0. The molecule has 1 aliphatic carbocycles. The van der Waals surface area contributed by atoms with Crippen molar-refractivity contribution in [3.05, 3.63) is 74.9 Å². The first-order chi connectivity index (χ1) is 18.1. The van der Waals surface area contributed by atoms with Gasteiger partial charge in [-0.25, -0.2) is 0 Å². The molecule has 0 spiro atoms. The van der Waals surface area contributed by atoms with Crippen molar-refractivity contribution in [2.75, 3.05) is 49.6 Å². The molecule has 1 fully saturated rings. The standard InChI is InChI=1S/C29H32BrN5O2/c1-3-34(4-2)24-10-5-20(6-11-24)17-21-7-8-22(28(21)35-13-15-37-16-14-35)19-31-33-27-25-18-23(30)9-12-26(25)32-29(27)36/h5-6,9-12,17-19H,3-4,7-8,13-16H2,1-2H3,(H,32,33,36)/b21-17+,31-19+. The lowest BCUT2D eigenvalue weighted by Gasteiger charge is -2.31. The largest absolute Gasteiger partial charge is 0.378 e. The van der Waals surface area contributed by atoms with Crippen LogP contribution in [-0.2, 0) is 9.53 Å². The van der Waals surface area contributed by atoms with Crippen LogP contribution in [0, 0.1) is 0 Å². The van der Waals surface area contributed by atoms with Gasteiger partial charge in [0.25, 0.3) is 5.91 Å². The highest BCUT2D eigenvalue weighted by Crippen LogP contribution is 2.35. The molecule has 2 aliphatic heterocycles. The Balaban J connectivity index is 1.44. The number of rotatable bonds is 7. The van der Waals surface area contributed by atoms with Gasteiger partial charge in [-0.3, -0.25) is 4.79 Å². The Labute approximate surface area is 226 Å². The lowest BCUT2D eigenvalue weighted by Crippen LogP contribution is -2.36. The zero-order valence-electron chi connectivity index (χ0n) is 21.3. The van der Waals surface area contributed by atoms with E-state index in [0.29, 0.717) is 18.9 Å². The summed E-state index contributed by atoms with van der Waals surface area (Å²) in [5, 5.41) is 11.6. The first kappa shape index (κ1) is 25.4. The van der Waals surface area contributed by atoms with Crippen LogP contribution in [0.25, 0.3) is 6.08 Å². The summed E-state index contributed by atoms with van der Waals surface area (Å²) in [4.78, 5) is 17.2. The summed E-state index contributed by atoms with van der Waals surface area (Å²) < 4.78 is 6.51. The smallest absolute Gasteiger partial charge is 0.276 e. The third kappa shape index (κ3) is 5.55. The highest BCUT2D eigenvalue weighted by atomic mass is 79.9. The van der Waals surface area contributed by atoms with E-state index in [1.165, 1.54) is 22.5 Å². The third-order valence-corrected chi connectivity index (χ3v) is 7.53. The van der Waals surface area contributed by atoms with Gasteiger partial charge in [0, 0.05) is 47.6 Å². The van der Waals surface area contributed by atoms with Crippen molar-refractivity contribution in [3.63, 3.8) is 0 Å². The van der Waals surface area contributed by atoms with Gasteiger partial charge in [-0.2, -0.15) is 5.10 Å². The van der Waals surface area contributed by atoms with Gasteiger partial charge < -0.3 is 19.9 Å². The van der Waals surface area contributed by atoms with Crippen molar-refractivity contribution in [1.29, 1.82) is 0 Å². The molecule has 2 aromatic rings. The normalized spacial score (nSPS) is 19.9. The van der Waals surface area contributed by atoms with Gasteiger partial charge in [0.05, 0.1) is 25.1 Å². The van der Waals surface area contributed by atoms with Crippen LogP contribution < -0.4 is 10.2 Å². The molecule has 37 heavy (non-hydrogen) atoms. The molecule has 1 amide bonds. The highest BCUT2D eigenvalue weighted by Gasteiger charge is 2.27. The predicted octanol–water partition coefficient (Wildman–Crippen LogP) is 5.49. The SMILES string of the molecule is CCN(CC)c1ccc(/C=C2\CCC(/C=N/N=C3\C(=O)Nc4ccc(Br)cc43)=C2N2CCOCC2)cc1. The minimum absolute atomic E-state index is 0.229. The van der Waals surface area contributed by atoms with Crippen LogP contribution in [-0.4, -0.2) is 62.1 Å². The number of ether oxygens (including phenoxy) is 1. The summed E-state index contributed by atoms with van der Waals surface area (Å²) in [6, 6.07) is 14.5. The van der Waals surface area contributed by atoms with Crippen LogP contribution in [0.1, 0.15) is 37.8 Å². The van der Waals surface area contributed by atoms with Crippen molar-refractivity contribution >= 4 is 51.2 Å². The molecular formula is C29H32BrN5O2. The van der Waals surface area contributed by atoms with Crippen molar-refractivity contribution in [3.8, 4) is 0 Å². The summed E-state index contributed by atoms with van der Waals surface area (Å²) in [6.45, 7) is 9.49. The molecule has 3 aliphatic rings. The molecule has 2 aromatic carbocycles. The first-order valence-electron chi connectivity index (χ1n) is 12.9. The zero-order valence-corrected chi connectivity index (χ0v) is 22.9. The number of fused-ring (bicyclic) bond motifs is 1. The lowest BCUT2D eigenvalue weighted by atomic mass is 10.1. The van der Waals surface area contributed by atoms with E-state index >= 15 is 0 Å². The Morgan fingerprint density at radius 2 is 1.84 bits per heavy atom. The Kier molecular flexibility index (Phi) is 7.86. The maximum atomic E-state index is 12.5. The fourth-order valence-electron chi connectivity index (χ4n) is 5.12. The average Bonchev–Trinajstić information content (AvgIpc) is 3.46. The summed E-state index contributed by atoms with van der Waals surface area (Å²) >= 11 is 3.47. The van der Waals surface area contributed by atoms with Gasteiger partial charge in [-0.15, -0.1) is 5.10 Å².